The molecule has 3 rings (SSSR count). The Morgan fingerprint density at radius 3 is 2.23 bits per heavy atom. The minimum Gasteiger partial charge on any atom is -0.354 e. The van der Waals surface area contributed by atoms with Gasteiger partial charge in [0.15, 0.2) is 0 Å². The number of nitrogens with one attached hydrogen (secondary N) is 1. The standard InChI is InChI=1S/C29H32Cl2N2O2/c1-20(2)18-32-29(35)27(15-22-7-5-4-6-8-22)33(19-23-11-9-21(3)10-12-23)28(34)16-24-13-14-25(30)17-26(24)31/h4-14,17,20,27H,15-16,18-19H2,1-3H3,(H,32,35)/t27-/m0/s1. The Balaban J connectivity index is 1.96. The van der Waals surface area contributed by atoms with Crippen molar-refractivity contribution in [2.45, 2.75) is 46.2 Å². The van der Waals surface area contributed by atoms with Crippen molar-refractivity contribution in [1.29, 1.82) is 0 Å². The average molecular weight is 511 g/mol. The summed E-state index contributed by atoms with van der Waals surface area (Å²) in [5.74, 6) is -0.0360. The molecule has 0 aromatic heterocycles. The van der Waals surface area contributed by atoms with Gasteiger partial charge in [-0.15, -0.1) is 0 Å². The van der Waals surface area contributed by atoms with E-state index < -0.39 is 6.04 Å². The van der Waals surface area contributed by atoms with Crippen molar-refractivity contribution >= 4 is 35.0 Å². The van der Waals surface area contributed by atoms with Gasteiger partial charge in [-0.05, 0) is 41.7 Å². The fraction of sp³-hybridized carbons (Fsp3) is 0.310. The van der Waals surface area contributed by atoms with Gasteiger partial charge in [0.25, 0.3) is 0 Å². The lowest BCUT2D eigenvalue weighted by Gasteiger charge is -2.32. The maximum Gasteiger partial charge on any atom is 0.243 e. The molecule has 0 aliphatic carbocycles. The predicted molar refractivity (Wildman–Crippen MR) is 144 cm³/mol. The molecule has 0 heterocycles. The number of carbonyl (C=O) groups is 2. The summed E-state index contributed by atoms with van der Waals surface area (Å²) in [5, 5.41) is 3.99. The molecule has 0 saturated carbocycles. The van der Waals surface area contributed by atoms with Gasteiger partial charge in [-0.3, -0.25) is 9.59 Å². The van der Waals surface area contributed by atoms with Crippen LogP contribution < -0.4 is 5.32 Å². The largest absolute Gasteiger partial charge is 0.354 e. The van der Waals surface area contributed by atoms with Gasteiger partial charge in [-0.2, -0.15) is 0 Å². The van der Waals surface area contributed by atoms with Crippen LogP contribution >= 0.6 is 23.2 Å². The number of hydrogen-bond donors (Lipinski definition) is 1. The highest BCUT2D eigenvalue weighted by Gasteiger charge is 2.30. The van der Waals surface area contributed by atoms with Crippen LogP contribution in [0.5, 0.6) is 0 Å². The molecule has 0 spiro atoms. The van der Waals surface area contributed by atoms with Gasteiger partial charge in [0.05, 0.1) is 6.42 Å². The van der Waals surface area contributed by atoms with Crippen LogP contribution in [0.4, 0.5) is 0 Å². The Kier molecular flexibility index (Phi) is 9.76. The molecule has 3 aromatic rings. The van der Waals surface area contributed by atoms with Crippen LogP contribution in [0, 0.1) is 12.8 Å². The first kappa shape index (κ1) is 26.8. The smallest absolute Gasteiger partial charge is 0.243 e. The summed E-state index contributed by atoms with van der Waals surface area (Å²) < 4.78 is 0. The number of nitrogens with zero attached hydrogens (tertiary/aromatic N) is 1. The molecule has 3 aromatic carbocycles. The number of hydrogen-bond acceptors (Lipinski definition) is 2. The Morgan fingerprint density at radius 2 is 1.60 bits per heavy atom. The molecule has 4 nitrogen and oxygen atoms in total. The predicted octanol–water partition coefficient (Wildman–Crippen LogP) is 6.26. The summed E-state index contributed by atoms with van der Waals surface area (Å²) >= 11 is 12.4. The summed E-state index contributed by atoms with van der Waals surface area (Å²) in [4.78, 5) is 28.9. The number of carbonyl (C=O) groups excluding carboxylic acids is 2. The molecule has 2 amide bonds. The van der Waals surface area contributed by atoms with Gasteiger partial charge in [-0.1, -0.05) is 103 Å². The SMILES string of the molecule is Cc1ccc(CN(C(=O)Cc2ccc(Cl)cc2Cl)[C@@H](Cc2ccccc2)C(=O)NCC(C)C)cc1. The molecular formula is C29H32Cl2N2O2. The van der Waals surface area contributed by atoms with E-state index >= 15 is 0 Å². The number of amides is 2. The lowest BCUT2D eigenvalue weighted by molar-refractivity contribution is -0.140. The van der Waals surface area contributed by atoms with E-state index in [1.807, 2.05) is 75.4 Å². The molecular weight excluding hydrogens is 479 g/mol. The van der Waals surface area contributed by atoms with E-state index in [2.05, 4.69) is 5.32 Å². The molecule has 184 valence electrons. The Morgan fingerprint density at radius 1 is 0.914 bits per heavy atom. The molecule has 0 saturated heterocycles. The highest BCUT2D eigenvalue weighted by atomic mass is 35.5. The quantitative estimate of drug-likeness (QED) is 0.350. The second-order valence-corrected chi connectivity index (χ2v) is 10.1. The third kappa shape index (κ3) is 8.12. The maximum absolute atomic E-state index is 13.7. The van der Waals surface area contributed by atoms with Crippen molar-refractivity contribution in [3.63, 3.8) is 0 Å². The normalized spacial score (nSPS) is 11.8. The first-order valence-corrected chi connectivity index (χ1v) is 12.6. The molecule has 6 heteroatoms. The minimum absolute atomic E-state index is 0.0740. The number of halogens is 2. The first-order valence-electron chi connectivity index (χ1n) is 11.8. The van der Waals surface area contributed by atoms with Crippen LogP contribution in [0.25, 0.3) is 0 Å². The van der Waals surface area contributed by atoms with Crippen molar-refractivity contribution in [2.24, 2.45) is 5.92 Å². The topological polar surface area (TPSA) is 49.4 Å². The Hall–Kier alpha value is -2.82. The van der Waals surface area contributed by atoms with Crippen molar-refractivity contribution in [3.05, 3.63) is 105 Å². The summed E-state index contributed by atoms with van der Waals surface area (Å²) in [6, 6.07) is 22.2. The first-order chi connectivity index (χ1) is 16.7. The van der Waals surface area contributed by atoms with Crippen LogP contribution in [-0.4, -0.2) is 29.3 Å². The van der Waals surface area contributed by atoms with E-state index in [1.54, 1.807) is 23.1 Å². The van der Waals surface area contributed by atoms with Crippen LogP contribution in [0.15, 0.2) is 72.8 Å². The molecule has 0 aliphatic heterocycles. The zero-order valence-corrected chi connectivity index (χ0v) is 21.9. The zero-order chi connectivity index (χ0) is 25.4. The molecule has 0 radical (unpaired) electrons. The third-order valence-electron chi connectivity index (χ3n) is 5.79. The molecule has 35 heavy (non-hydrogen) atoms. The highest BCUT2D eigenvalue weighted by molar-refractivity contribution is 6.35. The average Bonchev–Trinajstić information content (AvgIpc) is 2.83. The van der Waals surface area contributed by atoms with Gasteiger partial charge in [0, 0.05) is 29.6 Å². The fourth-order valence-corrected chi connectivity index (χ4v) is 4.27. The third-order valence-corrected chi connectivity index (χ3v) is 6.37. The van der Waals surface area contributed by atoms with Gasteiger partial charge >= 0.3 is 0 Å². The van der Waals surface area contributed by atoms with Gasteiger partial charge < -0.3 is 10.2 Å². The van der Waals surface area contributed by atoms with E-state index in [-0.39, 0.29) is 18.2 Å². The summed E-state index contributed by atoms with van der Waals surface area (Å²) in [5.41, 5.74) is 3.76. The minimum atomic E-state index is -0.670. The molecule has 0 fully saturated rings. The van der Waals surface area contributed by atoms with E-state index in [0.717, 1.165) is 16.7 Å². The molecule has 0 unspecified atom stereocenters. The second-order valence-electron chi connectivity index (χ2n) is 9.26. The summed E-state index contributed by atoms with van der Waals surface area (Å²) in [6.07, 6.45) is 0.487. The second kappa shape index (κ2) is 12.8. The van der Waals surface area contributed by atoms with Crippen LogP contribution in [0.2, 0.25) is 10.0 Å². The van der Waals surface area contributed by atoms with Gasteiger partial charge in [0.1, 0.15) is 6.04 Å². The number of benzene rings is 3. The van der Waals surface area contributed by atoms with E-state index in [4.69, 9.17) is 23.2 Å². The fourth-order valence-electron chi connectivity index (χ4n) is 3.80. The van der Waals surface area contributed by atoms with E-state index in [1.165, 1.54) is 0 Å². The monoisotopic (exact) mass is 510 g/mol. The molecule has 1 atom stereocenters. The maximum atomic E-state index is 13.7. The molecule has 1 N–H and O–H groups in total. The van der Waals surface area contributed by atoms with Crippen molar-refractivity contribution in [1.82, 2.24) is 10.2 Å². The van der Waals surface area contributed by atoms with Crippen molar-refractivity contribution in [2.75, 3.05) is 6.54 Å². The van der Waals surface area contributed by atoms with E-state index in [9.17, 15) is 9.59 Å². The number of aryl methyl sites for hydroxylation is 1. The van der Waals surface area contributed by atoms with Crippen molar-refractivity contribution in [3.8, 4) is 0 Å². The van der Waals surface area contributed by atoms with E-state index in [0.29, 0.717) is 41.0 Å². The lowest BCUT2D eigenvalue weighted by Crippen LogP contribution is -2.51. The zero-order valence-electron chi connectivity index (χ0n) is 20.4. The highest BCUT2D eigenvalue weighted by Crippen LogP contribution is 2.23. The molecule has 0 bridgehead atoms. The Labute approximate surface area is 218 Å². The van der Waals surface area contributed by atoms with Crippen LogP contribution in [0.3, 0.4) is 0 Å². The van der Waals surface area contributed by atoms with Crippen LogP contribution in [-0.2, 0) is 29.0 Å². The van der Waals surface area contributed by atoms with Crippen LogP contribution in [0.1, 0.15) is 36.1 Å². The Bertz CT molecular complexity index is 1130. The molecule has 0 aliphatic rings. The summed E-state index contributed by atoms with van der Waals surface area (Å²) in [7, 11) is 0. The van der Waals surface area contributed by atoms with Gasteiger partial charge in [0.2, 0.25) is 11.8 Å². The summed E-state index contributed by atoms with van der Waals surface area (Å²) in [6.45, 7) is 6.97. The number of rotatable bonds is 10. The van der Waals surface area contributed by atoms with Crippen molar-refractivity contribution < 1.29 is 9.59 Å². The van der Waals surface area contributed by atoms with Gasteiger partial charge in [-0.25, -0.2) is 0 Å². The lowest BCUT2D eigenvalue weighted by atomic mass is 10.0.